The highest BCUT2D eigenvalue weighted by Gasteiger charge is 2.49. The summed E-state index contributed by atoms with van der Waals surface area (Å²) in [5.41, 5.74) is 6.84. The number of likely N-dealkylation sites (N-methyl/N-ethyl adjacent to an activating group) is 1. The highest BCUT2D eigenvalue weighted by Crippen LogP contribution is 2.39. The van der Waals surface area contributed by atoms with E-state index in [0.717, 1.165) is 25.8 Å². The molecule has 1 atom stereocenters. The second-order valence-corrected chi connectivity index (χ2v) is 6.01. The first kappa shape index (κ1) is 16.0. The Morgan fingerprint density at radius 2 is 2.05 bits per heavy atom. The predicted molar refractivity (Wildman–Crippen MR) is 83.9 cm³/mol. The van der Waals surface area contributed by atoms with E-state index in [1.807, 2.05) is 32.2 Å². The van der Waals surface area contributed by atoms with E-state index in [1.165, 1.54) is 5.56 Å². The minimum atomic E-state index is -0.846. The third kappa shape index (κ3) is 4.29. The Bertz CT molecular complexity index is 459. The van der Waals surface area contributed by atoms with Crippen molar-refractivity contribution in [2.45, 2.75) is 31.7 Å². The third-order valence-corrected chi connectivity index (χ3v) is 4.12. The Morgan fingerprint density at radius 3 is 2.62 bits per heavy atom. The number of nitrogens with two attached hydrogens (primary N) is 1. The second-order valence-electron chi connectivity index (χ2n) is 6.01. The van der Waals surface area contributed by atoms with Crippen LogP contribution in [0.5, 0.6) is 0 Å². The Hall–Kier alpha value is -1.39. The molecule has 0 spiro atoms. The van der Waals surface area contributed by atoms with E-state index in [4.69, 9.17) is 10.5 Å². The average Bonchev–Trinajstić information content (AvgIpc) is 3.31. The Labute approximate surface area is 127 Å². The number of benzene rings is 1. The second kappa shape index (κ2) is 7.05. The molecule has 2 rings (SSSR count). The number of esters is 1. The van der Waals surface area contributed by atoms with Crippen LogP contribution < -0.4 is 5.73 Å². The Kier molecular flexibility index (Phi) is 5.37. The van der Waals surface area contributed by atoms with Gasteiger partial charge in [0.25, 0.3) is 0 Å². The van der Waals surface area contributed by atoms with Crippen molar-refractivity contribution in [3.63, 3.8) is 0 Å². The van der Waals surface area contributed by atoms with E-state index in [2.05, 4.69) is 17.0 Å². The van der Waals surface area contributed by atoms with Crippen LogP contribution in [0.15, 0.2) is 30.3 Å². The molecule has 116 valence electrons. The van der Waals surface area contributed by atoms with Crippen molar-refractivity contribution in [1.29, 1.82) is 0 Å². The lowest BCUT2D eigenvalue weighted by Crippen LogP contribution is -2.58. The van der Waals surface area contributed by atoms with Crippen molar-refractivity contribution in [2.24, 2.45) is 11.7 Å². The molecule has 4 nitrogen and oxygen atoms in total. The fraction of sp³-hybridized carbons (Fsp3) is 0.588. The van der Waals surface area contributed by atoms with Crippen molar-refractivity contribution >= 4 is 5.97 Å². The molecule has 1 unspecified atom stereocenters. The van der Waals surface area contributed by atoms with Crippen LogP contribution in [0.25, 0.3) is 0 Å². The monoisotopic (exact) mass is 290 g/mol. The molecular weight excluding hydrogens is 264 g/mol. The zero-order valence-corrected chi connectivity index (χ0v) is 13.0. The number of hydrogen-bond acceptors (Lipinski definition) is 4. The average molecular weight is 290 g/mol. The summed E-state index contributed by atoms with van der Waals surface area (Å²) in [7, 11) is 2.02. The summed E-state index contributed by atoms with van der Waals surface area (Å²) in [5, 5.41) is 0. The first-order valence-corrected chi connectivity index (χ1v) is 7.75. The Morgan fingerprint density at radius 1 is 1.38 bits per heavy atom. The van der Waals surface area contributed by atoms with Gasteiger partial charge in [-0.1, -0.05) is 30.3 Å². The zero-order chi connectivity index (χ0) is 15.3. The molecule has 21 heavy (non-hydrogen) atoms. The van der Waals surface area contributed by atoms with Crippen molar-refractivity contribution in [3.8, 4) is 0 Å². The number of carbonyl (C=O) groups is 1. The highest BCUT2D eigenvalue weighted by atomic mass is 16.5. The first-order valence-electron chi connectivity index (χ1n) is 7.75. The predicted octanol–water partition coefficient (Wildman–Crippen LogP) is 1.83. The van der Waals surface area contributed by atoms with Crippen LogP contribution >= 0.6 is 0 Å². The maximum absolute atomic E-state index is 12.2. The van der Waals surface area contributed by atoms with Gasteiger partial charge in [-0.15, -0.1) is 0 Å². The molecule has 0 aromatic heterocycles. The number of hydrogen-bond donors (Lipinski definition) is 1. The van der Waals surface area contributed by atoms with Crippen molar-refractivity contribution in [2.75, 3.05) is 26.7 Å². The van der Waals surface area contributed by atoms with Gasteiger partial charge in [-0.2, -0.15) is 0 Å². The highest BCUT2D eigenvalue weighted by molar-refractivity contribution is 5.82. The van der Waals surface area contributed by atoms with Gasteiger partial charge in [0.2, 0.25) is 0 Å². The van der Waals surface area contributed by atoms with Crippen LogP contribution in [0.1, 0.15) is 25.3 Å². The molecule has 1 saturated carbocycles. The van der Waals surface area contributed by atoms with Crippen LogP contribution in [0.2, 0.25) is 0 Å². The molecule has 0 aliphatic heterocycles. The van der Waals surface area contributed by atoms with Crippen molar-refractivity contribution < 1.29 is 9.53 Å². The fourth-order valence-electron chi connectivity index (χ4n) is 2.71. The zero-order valence-electron chi connectivity index (χ0n) is 13.0. The summed E-state index contributed by atoms with van der Waals surface area (Å²) in [6.45, 7) is 3.65. The van der Waals surface area contributed by atoms with E-state index in [0.29, 0.717) is 13.2 Å². The summed E-state index contributed by atoms with van der Waals surface area (Å²) in [4.78, 5) is 14.3. The van der Waals surface area contributed by atoms with Gasteiger partial charge in [0, 0.05) is 13.1 Å². The molecule has 2 N–H and O–H groups in total. The SMILES string of the molecule is CCOC(=O)C(N)(CN(C)CCc1ccccc1)C1CC1. The lowest BCUT2D eigenvalue weighted by molar-refractivity contribution is -0.151. The molecule has 0 bridgehead atoms. The molecule has 1 aliphatic rings. The standard InChI is InChI=1S/C17H26N2O2/c1-3-21-16(20)17(18,15-9-10-15)13-19(2)12-11-14-7-5-4-6-8-14/h4-8,15H,3,9-13,18H2,1-2H3. The molecule has 1 aromatic carbocycles. The van der Waals surface area contributed by atoms with Crippen LogP contribution in [0, 0.1) is 5.92 Å². The van der Waals surface area contributed by atoms with Crippen molar-refractivity contribution in [1.82, 2.24) is 4.90 Å². The van der Waals surface area contributed by atoms with Crippen LogP contribution in [-0.2, 0) is 16.0 Å². The summed E-state index contributed by atoms with van der Waals surface area (Å²) in [6, 6.07) is 10.4. The molecule has 0 radical (unpaired) electrons. The van der Waals surface area contributed by atoms with E-state index >= 15 is 0 Å². The molecule has 1 fully saturated rings. The molecule has 4 heteroatoms. The van der Waals surface area contributed by atoms with Gasteiger partial charge in [0.1, 0.15) is 5.54 Å². The first-order chi connectivity index (χ1) is 10.1. The number of ether oxygens (including phenoxy) is 1. The number of rotatable bonds is 8. The van der Waals surface area contributed by atoms with E-state index in [9.17, 15) is 4.79 Å². The van der Waals surface area contributed by atoms with E-state index < -0.39 is 5.54 Å². The normalized spacial score (nSPS) is 17.5. The molecule has 0 saturated heterocycles. The quantitative estimate of drug-likeness (QED) is 0.742. The van der Waals surface area contributed by atoms with Crippen LogP contribution in [-0.4, -0.2) is 43.2 Å². The topological polar surface area (TPSA) is 55.6 Å². The summed E-state index contributed by atoms with van der Waals surface area (Å²) in [6.07, 6.45) is 3.02. The minimum Gasteiger partial charge on any atom is -0.465 e. The summed E-state index contributed by atoms with van der Waals surface area (Å²) < 4.78 is 5.18. The van der Waals surface area contributed by atoms with Gasteiger partial charge in [0.15, 0.2) is 0 Å². The van der Waals surface area contributed by atoms with E-state index in [-0.39, 0.29) is 11.9 Å². The summed E-state index contributed by atoms with van der Waals surface area (Å²) >= 11 is 0. The van der Waals surface area contributed by atoms with Gasteiger partial charge in [-0.3, -0.25) is 0 Å². The lowest BCUT2D eigenvalue weighted by atomic mass is 9.93. The maximum Gasteiger partial charge on any atom is 0.327 e. The van der Waals surface area contributed by atoms with E-state index in [1.54, 1.807) is 0 Å². The van der Waals surface area contributed by atoms with Crippen LogP contribution in [0.4, 0.5) is 0 Å². The molecule has 0 amide bonds. The summed E-state index contributed by atoms with van der Waals surface area (Å²) in [5.74, 6) is 0.0230. The van der Waals surface area contributed by atoms with Gasteiger partial charge >= 0.3 is 5.97 Å². The molecule has 1 aromatic rings. The maximum atomic E-state index is 12.2. The fourth-order valence-corrected chi connectivity index (χ4v) is 2.71. The van der Waals surface area contributed by atoms with Gasteiger partial charge in [0.05, 0.1) is 6.61 Å². The molecular formula is C17H26N2O2. The lowest BCUT2D eigenvalue weighted by Gasteiger charge is -2.31. The number of carbonyl (C=O) groups excluding carboxylic acids is 1. The minimum absolute atomic E-state index is 0.251. The smallest absolute Gasteiger partial charge is 0.327 e. The molecule has 0 heterocycles. The van der Waals surface area contributed by atoms with Crippen molar-refractivity contribution in [3.05, 3.63) is 35.9 Å². The number of nitrogens with zero attached hydrogens (tertiary/aromatic N) is 1. The Balaban J connectivity index is 1.89. The largest absolute Gasteiger partial charge is 0.465 e. The van der Waals surface area contributed by atoms with Gasteiger partial charge in [-0.25, -0.2) is 4.79 Å². The van der Waals surface area contributed by atoms with Gasteiger partial charge < -0.3 is 15.4 Å². The van der Waals surface area contributed by atoms with Gasteiger partial charge in [-0.05, 0) is 44.7 Å². The van der Waals surface area contributed by atoms with Crippen LogP contribution in [0.3, 0.4) is 0 Å². The third-order valence-electron chi connectivity index (χ3n) is 4.12. The molecule has 1 aliphatic carbocycles.